The Bertz CT molecular complexity index is 1200. The molecule has 3 aromatic rings. The first-order valence-corrected chi connectivity index (χ1v) is 9.17. The Hall–Kier alpha value is -2.71. The molecule has 1 aromatic carbocycles. The van der Waals surface area contributed by atoms with Gasteiger partial charge >= 0.3 is 5.69 Å². The van der Waals surface area contributed by atoms with Crippen molar-refractivity contribution < 1.29 is 0 Å². The van der Waals surface area contributed by atoms with Gasteiger partial charge in [0.25, 0.3) is 11.1 Å². The van der Waals surface area contributed by atoms with Crippen molar-refractivity contribution in [1.82, 2.24) is 24.7 Å². The number of H-pyrrole nitrogens is 2. The van der Waals surface area contributed by atoms with Crippen LogP contribution in [0.1, 0.15) is 36.7 Å². The van der Waals surface area contributed by atoms with Crippen molar-refractivity contribution in [2.45, 2.75) is 26.2 Å². The predicted octanol–water partition coefficient (Wildman–Crippen LogP) is 2.24. The highest BCUT2D eigenvalue weighted by Gasteiger charge is 2.16. The third-order valence-electron chi connectivity index (χ3n) is 4.17. The monoisotopic (exact) mass is 421 g/mol. The second kappa shape index (κ2) is 7.73. The first kappa shape index (κ1) is 20.0. The number of halogens is 2. The van der Waals surface area contributed by atoms with Gasteiger partial charge in [-0.25, -0.2) is 14.5 Å². The largest absolute Gasteiger partial charge is 0.344 e. The molecule has 0 bridgehead atoms. The van der Waals surface area contributed by atoms with Gasteiger partial charge in [-0.05, 0) is 17.7 Å². The highest BCUT2D eigenvalue weighted by atomic mass is 35.5. The van der Waals surface area contributed by atoms with Gasteiger partial charge in [0.1, 0.15) is 5.69 Å². The van der Waals surface area contributed by atoms with Gasteiger partial charge in [0, 0.05) is 41.2 Å². The molecule has 2 heterocycles. The van der Waals surface area contributed by atoms with Crippen LogP contribution in [0, 0.1) is 0 Å². The minimum absolute atomic E-state index is 0.0282. The van der Waals surface area contributed by atoms with E-state index in [2.05, 4.69) is 20.1 Å². The summed E-state index contributed by atoms with van der Waals surface area (Å²) in [6.45, 7) is 3.77. The number of nitrogens with one attached hydrogen (secondary N) is 2. The van der Waals surface area contributed by atoms with Crippen LogP contribution in [0.2, 0.25) is 10.0 Å². The molecule has 3 rings (SSSR count). The van der Waals surface area contributed by atoms with Crippen LogP contribution in [0.4, 0.5) is 0 Å². The molecule has 0 aliphatic rings. The van der Waals surface area contributed by atoms with Crippen molar-refractivity contribution in [3.05, 3.63) is 76.5 Å². The van der Waals surface area contributed by atoms with Crippen LogP contribution in [0.5, 0.6) is 0 Å². The number of benzene rings is 1. The lowest BCUT2D eigenvalue weighted by atomic mass is 10.0. The lowest BCUT2D eigenvalue weighted by Crippen LogP contribution is -2.31. The van der Waals surface area contributed by atoms with E-state index in [9.17, 15) is 14.4 Å². The van der Waals surface area contributed by atoms with Crippen LogP contribution < -0.4 is 16.8 Å². The molecule has 0 saturated carbocycles. The highest BCUT2D eigenvalue weighted by molar-refractivity contribution is 6.36. The lowest BCUT2D eigenvalue weighted by Gasteiger charge is -2.11. The summed E-state index contributed by atoms with van der Waals surface area (Å²) in [7, 11) is 1.42. The molecule has 0 fully saturated rings. The van der Waals surface area contributed by atoms with Crippen LogP contribution in [-0.2, 0) is 13.5 Å². The number of aromatic amines is 2. The fourth-order valence-corrected chi connectivity index (χ4v) is 3.32. The molecule has 8 nitrogen and oxygen atoms in total. The van der Waals surface area contributed by atoms with Crippen molar-refractivity contribution in [2.75, 3.05) is 0 Å². The van der Waals surface area contributed by atoms with E-state index in [1.165, 1.54) is 13.2 Å². The second-order valence-electron chi connectivity index (χ2n) is 6.59. The minimum Gasteiger partial charge on any atom is -0.326 e. The average Bonchev–Trinajstić information content (AvgIpc) is 2.62. The Balaban J connectivity index is 2.03. The van der Waals surface area contributed by atoms with E-state index in [1.54, 1.807) is 12.1 Å². The first-order chi connectivity index (χ1) is 13.2. The molecule has 0 saturated heterocycles. The molecule has 146 valence electrons. The smallest absolute Gasteiger partial charge is 0.326 e. The van der Waals surface area contributed by atoms with Gasteiger partial charge in [-0.2, -0.15) is 5.10 Å². The summed E-state index contributed by atoms with van der Waals surface area (Å²) in [5, 5.41) is 4.60. The molecule has 28 heavy (non-hydrogen) atoms. The van der Waals surface area contributed by atoms with Crippen molar-refractivity contribution >= 4 is 23.2 Å². The summed E-state index contributed by atoms with van der Waals surface area (Å²) in [6.07, 6.45) is 1.82. The molecule has 0 atom stereocenters. The van der Waals surface area contributed by atoms with Gasteiger partial charge < -0.3 is 4.98 Å². The number of hydrogen-bond acceptors (Lipinski definition) is 5. The third-order valence-corrected chi connectivity index (χ3v) is 4.84. The topological polar surface area (TPSA) is 114 Å². The standard InChI is InChI=1S/C18H17Cl2N5O3/c1-8(2)14-16(26)21-7-10(22-14)6-11-12(19)4-9(5-13(11)20)15-17(27)23-18(28)25(3)24-15/h4-5,7-8H,6H2,1-3H3,(H,21,26)(H,23,27,28). The number of rotatable bonds is 4. The van der Waals surface area contributed by atoms with E-state index in [4.69, 9.17) is 23.2 Å². The zero-order valence-corrected chi connectivity index (χ0v) is 16.9. The van der Waals surface area contributed by atoms with Crippen molar-refractivity contribution in [2.24, 2.45) is 7.05 Å². The molecule has 0 spiro atoms. The fourth-order valence-electron chi connectivity index (χ4n) is 2.70. The molecule has 0 radical (unpaired) electrons. The van der Waals surface area contributed by atoms with Gasteiger partial charge in [0.05, 0.1) is 5.69 Å². The average molecular weight is 422 g/mol. The zero-order chi connectivity index (χ0) is 20.6. The summed E-state index contributed by atoms with van der Waals surface area (Å²) in [5.41, 5.74) is 0.572. The summed E-state index contributed by atoms with van der Waals surface area (Å²) >= 11 is 12.8. The predicted molar refractivity (Wildman–Crippen MR) is 107 cm³/mol. The van der Waals surface area contributed by atoms with E-state index < -0.39 is 11.2 Å². The number of hydrogen-bond donors (Lipinski definition) is 2. The van der Waals surface area contributed by atoms with Crippen molar-refractivity contribution in [3.63, 3.8) is 0 Å². The third kappa shape index (κ3) is 3.93. The molecule has 2 aromatic heterocycles. The van der Waals surface area contributed by atoms with E-state index >= 15 is 0 Å². The van der Waals surface area contributed by atoms with E-state index in [0.717, 1.165) is 4.68 Å². The zero-order valence-electron chi connectivity index (χ0n) is 15.3. The van der Waals surface area contributed by atoms with Crippen LogP contribution in [0.15, 0.2) is 32.7 Å². The fraction of sp³-hybridized carbons (Fsp3) is 0.278. The van der Waals surface area contributed by atoms with Gasteiger partial charge in [0.15, 0.2) is 5.69 Å². The molecule has 0 aliphatic heterocycles. The number of nitrogens with zero attached hydrogens (tertiary/aromatic N) is 3. The van der Waals surface area contributed by atoms with Gasteiger partial charge in [-0.3, -0.25) is 14.6 Å². The van der Waals surface area contributed by atoms with E-state index in [1.807, 2.05) is 13.8 Å². The Labute approximate surface area is 169 Å². The van der Waals surface area contributed by atoms with Gasteiger partial charge in [-0.1, -0.05) is 37.0 Å². The highest BCUT2D eigenvalue weighted by Crippen LogP contribution is 2.31. The number of aryl methyl sites for hydroxylation is 1. The first-order valence-electron chi connectivity index (χ1n) is 8.41. The quantitative estimate of drug-likeness (QED) is 0.670. The van der Waals surface area contributed by atoms with Crippen molar-refractivity contribution in [1.29, 1.82) is 0 Å². The lowest BCUT2D eigenvalue weighted by molar-refractivity contribution is 0.671. The summed E-state index contributed by atoms with van der Waals surface area (Å²) in [5.74, 6) is -0.0282. The van der Waals surface area contributed by atoms with Gasteiger partial charge in [0.2, 0.25) is 0 Å². The molecular formula is C18H17Cl2N5O3. The number of aromatic nitrogens is 5. The van der Waals surface area contributed by atoms with E-state index in [-0.39, 0.29) is 17.2 Å². The summed E-state index contributed by atoms with van der Waals surface area (Å²) < 4.78 is 1.02. The molecular weight excluding hydrogens is 405 g/mol. The van der Waals surface area contributed by atoms with Crippen LogP contribution in [0.3, 0.4) is 0 Å². The normalized spacial score (nSPS) is 11.2. The summed E-state index contributed by atoms with van der Waals surface area (Å²) in [6, 6.07) is 3.11. The Morgan fingerprint density at radius 1 is 1.11 bits per heavy atom. The SMILES string of the molecule is CC(C)c1nc(Cc2c(Cl)cc(-c3nn(C)c(=O)[nH]c3=O)cc2Cl)c[nH]c1=O. The van der Waals surface area contributed by atoms with Crippen LogP contribution in [0.25, 0.3) is 11.3 Å². The van der Waals surface area contributed by atoms with E-state index in [0.29, 0.717) is 39.0 Å². The maximum Gasteiger partial charge on any atom is 0.344 e. The molecule has 0 aliphatic carbocycles. The van der Waals surface area contributed by atoms with Crippen LogP contribution in [-0.4, -0.2) is 24.7 Å². The second-order valence-corrected chi connectivity index (χ2v) is 7.40. The maximum atomic E-state index is 12.1. The molecule has 2 N–H and O–H groups in total. The molecule has 0 unspecified atom stereocenters. The van der Waals surface area contributed by atoms with Gasteiger partial charge in [-0.15, -0.1) is 0 Å². The van der Waals surface area contributed by atoms with Crippen LogP contribution >= 0.6 is 23.2 Å². The Morgan fingerprint density at radius 2 is 1.75 bits per heavy atom. The maximum absolute atomic E-state index is 12.1. The van der Waals surface area contributed by atoms with Crippen molar-refractivity contribution in [3.8, 4) is 11.3 Å². The Kier molecular flexibility index (Phi) is 5.53. The molecule has 0 amide bonds. The minimum atomic E-state index is -0.633. The summed E-state index contributed by atoms with van der Waals surface area (Å²) in [4.78, 5) is 44.6. The Morgan fingerprint density at radius 3 is 2.36 bits per heavy atom. The molecule has 10 heteroatoms.